The number of anilines is 1. The van der Waals surface area contributed by atoms with Crippen LogP contribution in [0.25, 0.3) is 0 Å². The van der Waals surface area contributed by atoms with Crippen molar-refractivity contribution in [2.75, 3.05) is 17.9 Å². The molecule has 120 valence electrons. The fourth-order valence-corrected chi connectivity index (χ4v) is 3.20. The summed E-state index contributed by atoms with van der Waals surface area (Å²) in [6.45, 7) is 0.735. The zero-order valence-corrected chi connectivity index (χ0v) is 12.7. The largest absolute Gasteiger partial charge is 0.486 e. The Hall–Kier alpha value is -2.74. The smallest absolute Gasteiger partial charge is 0.335 e. The van der Waals surface area contributed by atoms with Gasteiger partial charge in [-0.05, 0) is 36.4 Å². The lowest BCUT2D eigenvalue weighted by Crippen LogP contribution is -2.19. The summed E-state index contributed by atoms with van der Waals surface area (Å²) in [5.41, 5.74) is 0.280. The van der Waals surface area contributed by atoms with Crippen molar-refractivity contribution in [3.8, 4) is 11.5 Å². The van der Waals surface area contributed by atoms with E-state index in [-0.39, 0.29) is 16.1 Å². The van der Waals surface area contributed by atoms with Crippen LogP contribution in [0.2, 0.25) is 0 Å². The van der Waals surface area contributed by atoms with Gasteiger partial charge in [0.05, 0.1) is 16.1 Å². The first-order chi connectivity index (χ1) is 11.0. The summed E-state index contributed by atoms with van der Waals surface area (Å²) in [5, 5.41) is 8.85. The molecule has 8 heteroatoms. The van der Waals surface area contributed by atoms with Crippen molar-refractivity contribution >= 4 is 21.7 Å². The molecule has 0 saturated carbocycles. The lowest BCUT2D eigenvalue weighted by molar-refractivity contribution is 0.0696. The fraction of sp³-hybridized carbons (Fsp3) is 0.133. The molecule has 0 unspecified atom stereocenters. The van der Waals surface area contributed by atoms with Gasteiger partial charge in [0, 0.05) is 0 Å². The average Bonchev–Trinajstić information content (AvgIpc) is 2.55. The average molecular weight is 335 g/mol. The molecular formula is C15H13NO6S. The van der Waals surface area contributed by atoms with Gasteiger partial charge < -0.3 is 14.6 Å². The van der Waals surface area contributed by atoms with Crippen LogP contribution in [-0.2, 0) is 10.0 Å². The van der Waals surface area contributed by atoms with Crippen LogP contribution in [0.4, 0.5) is 5.69 Å². The van der Waals surface area contributed by atoms with Crippen molar-refractivity contribution in [3.05, 3.63) is 48.0 Å². The van der Waals surface area contributed by atoms with E-state index in [1.165, 1.54) is 24.3 Å². The second-order valence-electron chi connectivity index (χ2n) is 4.76. The Labute approximate surface area is 132 Å². The van der Waals surface area contributed by atoms with Gasteiger partial charge in [0.1, 0.15) is 13.2 Å². The van der Waals surface area contributed by atoms with Crippen LogP contribution >= 0.6 is 0 Å². The second-order valence-corrected chi connectivity index (χ2v) is 6.45. The van der Waals surface area contributed by atoms with Crippen LogP contribution in [-0.4, -0.2) is 32.7 Å². The maximum absolute atomic E-state index is 12.4. The Bertz CT molecular complexity index is 845. The minimum absolute atomic E-state index is 0.0118. The number of hydrogen-bond donors (Lipinski definition) is 2. The van der Waals surface area contributed by atoms with Gasteiger partial charge in [-0.3, -0.25) is 4.72 Å². The SMILES string of the molecule is O=C(O)c1ccc(S(=O)(=O)Nc2cccc3c2OCCO3)cc1. The number of rotatable bonds is 4. The summed E-state index contributed by atoms with van der Waals surface area (Å²) >= 11 is 0. The summed E-state index contributed by atoms with van der Waals surface area (Å²) in [5.74, 6) is -0.313. The van der Waals surface area contributed by atoms with Gasteiger partial charge in [-0.1, -0.05) is 6.07 Å². The van der Waals surface area contributed by atoms with Gasteiger partial charge in [-0.25, -0.2) is 13.2 Å². The number of carbonyl (C=O) groups is 1. The fourth-order valence-electron chi connectivity index (χ4n) is 2.13. The van der Waals surface area contributed by atoms with Crippen LogP contribution in [0.15, 0.2) is 47.4 Å². The predicted molar refractivity (Wildman–Crippen MR) is 81.6 cm³/mol. The number of carboxylic acid groups (broad SMARTS) is 1. The zero-order chi connectivity index (χ0) is 16.4. The quantitative estimate of drug-likeness (QED) is 0.885. The minimum Gasteiger partial charge on any atom is -0.486 e. The summed E-state index contributed by atoms with van der Waals surface area (Å²) < 4.78 is 38.1. The first-order valence-electron chi connectivity index (χ1n) is 6.72. The van der Waals surface area contributed by atoms with E-state index in [9.17, 15) is 13.2 Å². The molecule has 1 aliphatic heterocycles. The molecule has 2 aromatic rings. The number of aromatic carboxylic acids is 1. The molecule has 0 atom stereocenters. The third-order valence-electron chi connectivity index (χ3n) is 3.22. The third kappa shape index (κ3) is 3.07. The molecular weight excluding hydrogens is 322 g/mol. The molecule has 3 rings (SSSR count). The normalized spacial score (nSPS) is 13.4. The molecule has 2 N–H and O–H groups in total. The number of para-hydroxylation sites is 1. The monoisotopic (exact) mass is 335 g/mol. The molecule has 0 fully saturated rings. The zero-order valence-electron chi connectivity index (χ0n) is 11.9. The Morgan fingerprint density at radius 2 is 1.74 bits per heavy atom. The maximum Gasteiger partial charge on any atom is 0.335 e. The number of hydrogen-bond acceptors (Lipinski definition) is 5. The topological polar surface area (TPSA) is 102 Å². The first kappa shape index (κ1) is 15.2. The maximum atomic E-state index is 12.4. The van der Waals surface area contributed by atoms with Gasteiger partial charge in [-0.15, -0.1) is 0 Å². The van der Waals surface area contributed by atoms with E-state index in [0.717, 1.165) is 0 Å². The third-order valence-corrected chi connectivity index (χ3v) is 4.60. The van der Waals surface area contributed by atoms with Gasteiger partial charge in [-0.2, -0.15) is 0 Å². The lowest BCUT2D eigenvalue weighted by Gasteiger charge is -2.21. The second kappa shape index (κ2) is 5.81. The molecule has 0 spiro atoms. The van der Waals surface area contributed by atoms with Crippen LogP contribution in [0.3, 0.4) is 0 Å². The van der Waals surface area contributed by atoms with E-state index in [0.29, 0.717) is 24.7 Å². The Morgan fingerprint density at radius 1 is 1.04 bits per heavy atom. The number of nitrogens with one attached hydrogen (secondary N) is 1. The summed E-state index contributed by atoms with van der Waals surface area (Å²) in [4.78, 5) is 10.8. The van der Waals surface area contributed by atoms with E-state index in [1.807, 2.05) is 0 Å². The van der Waals surface area contributed by atoms with Crippen molar-refractivity contribution in [1.29, 1.82) is 0 Å². The molecule has 0 saturated heterocycles. The molecule has 0 aromatic heterocycles. The molecule has 7 nitrogen and oxygen atoms in total. The molecule has 23 heavy (non-hydrogen) atoms. The van der Waals surface area contributed by atoms with Gasteiger partial charge in [0.25, 0.3) is 10.0 Å². The Kier molecular flexibility index (Phi) is 3.83. The Morgan fingerprint density at radius 3 is 2.43 bits per heavy atom. The highest BCUT2D eigenvalue weighted by Crippen LogP contribution is 2.38. The standard InChI is InChI=1S/C15H13NO6S/c17-15(18)10-4-6-11(7-5-10)23(19,20)16-12-2-1-3-13-14(12)22-9-8-21-13/h1-7,16H,8-9H2,(H,17,18). The van der Waals surface area contributed by atoms with Crippen molar-refractivity contribution < 1.29 is 27.8 Å². The number of sulfonamides is 1. The lowest BCUT2D eigenvalue weighted by atomic mass is 10.2. The molecule has 1 heterocycles. The molecule has 1 aliphatic rings. The van der Waals surface area contributed by atoms with E-state index >= 15 is 0 Å². The van der Waals surface area contributed by atoms with Crippen molar-refractivity contribution in [3.63, 3.8) is 0 Å². The van der Waals surface area contributed by atoms with E-state index in [4.69, 9.17) is 14.6 Å². The molecule has 2 aromatic carbocycles. The van der Waals surface area contributed by atoms with Gasteiger partial charge in [0.15, 0.2) is 11.5 Å². The number of benzene rings is 2. The molecule has 0 aliphatic carbocycles. The van der Waals surface area contributed by atoms with Crippen molar-refractivity contribution in [2.24, 2.45) is 0 Å². The van der Waals surface area contributed by atoms with Crippen LogP contribution < -0.4 is 14.2 Å². The first-order valence-corrected chi connectivity index (χ1v) is 8.20. The summed E-state index contributed by atoms with van der Waals surface area (Å²) in [6.07, 6.45) is 0. The number of carboxylic acids is 1. The summed E-state index contributed by atoms with van der Waals surface area (Å²) in [7, 11) is -3.87. The predicted octanol–water partition coefficient (Wildman–Crippen LogP) is 1.96. The van der Waals surface area contributed by atoms with Crippen molar-refractivity contribution in [2.45, 2.75) is 4.90 Å². The molecule has 0 amide bonds. The van der Waals surface area contributed by atoms with E-state index < -0.39 is 16.0 Å². The highest BCUT2D eigenvalue weighted by Gasteiger charge is 2.21. The molecule has 0 bridgehead atoms. The summed E-state index contributed by atoms with van der Waals surface area (Å²) in [6, 6.07) is 9.84. The van der Waals surface area contributed by atoms with Crippen LogP contribution in [0, 0.1) is 0 Å². The van der Waals surface area contributed by atoms with Crippen molar-refractivity contribution in [1.82, 2.24) is 0 Å². The highest BCUT2D eigenvalue weighted by molar-refractivity contribution is 7.92. The van der Waals surface area contributed by atoms with Gasteiger partial charge in [0.2, 0.25) is 0 Å². The van der Waals surface area contributed by atoms with Crippen LogP contribution in [0.1, 0.15) is 10.4 Å². The van der Waals surface area contributed by atoms with Crippen LogP contribution in [0.5, 0.6) is 11.5 Å². The van der Waals surface area contributed by atoms with Gasteiger partial charge >= 0.3 is 5.97 Å². The minimum atomic E-state index is -3.87. The highest BCUT2D eigenvalue weighted by atomic mass is 32.2. The number of fused-ring (bicyclic) bond motifs is 1. The van der Waals surface area contributed by atoms with E-state index in [1.54, 1.807) is 18.2 Å². The van der Waals surface area contributed by atoms with E-state index in [2.05, 4.69) is 4.72 Å². The molecule has 0 radical (unpaired) electrons. The Balaban J connectivity index is 1.91. The number of ether oxygens (including phenoxy) is 2.